The van der Waals surface area contributed by atoms with Gasteiger partial charge in [-0.3, -0.25) is 4.98 Å². The van der Waals surface area contributed by atoms with Crippen molar-refractivity contribution in [2.24, 2.45) is 5.92 Å². The Bertz CT molecular complexity index is 813. The summed E-state index contributed by atoms with van der Waals surface area (Å²) in [6, 6.07) is 12.5. The van der Waals surface area contributed by atoms with Crippen LogP contribution >= 0.6 is 0 Å². The zero-order valence-electron chi connectivity index (χ0n) is 15.2. The normalized spacial score (nSPS) is 20.7. The highest BCUT2D eigenvalue weighted by atomic mass is 16.3. The van der Waals surface area contributed by atoms with Gasteiger partial charge in [-0.2, -0.15) is 0 Å². The van der Waals surface area contributed by atoms with E-state index in [0.717, 1.165) is 48.3 Å². The van der Waals surface area contributed by atoms with E-state index in [1.54, 1.807) is 0 Å². The molecule has 0 amide bonds. The average molecular weight is 348 g/mol. The van der Waals surface area contributed by atoms with Crippen LogP contribution in [-0.4, -0.2) is 46.7 Å². The molecule has 4 nitrogen and oxygen atoms in total. The second kappa shape index (κ2) is 7.35. The van der Waals surface area contributed by atoms with E-state index in [2.05, 4.69) is 35.2 Å². The topological polar surface area (TPSA) is 56.6 Å². The lowest BCUT2D eigenvalue weighted by Crippen LogP contribution is -2.44. The SMILES string of the molecule is CB(O)N1CCC(C2c3ccccc3C(CO)=Cc3cccnc32)CC1. The molecule has 5 heteroatoms. The van der Waals surface area contributed by atoms with Gasteiger partial charge in [-0.05, 0) is 73.1 Å². The summed E-state index contributed by atoms with van der Waals surface area (Å²) in [5.41, 5.74) is 5.57. The van der Waals surface area contributed by atoms with Crippen LogP contribution in [0, 0.1) is 5.92 Å². The van der Waals surface area contributed by atoms with Gasteiger partial charge < -0.3 is 14.9 Å². The van der Waals surface area contributed by atoms with E-state index in [4.69, 9.17) is 4.98 Å². The molecule has 0 saturated carbocycles. The Morgan fingerprint density at radius 3 is 2.65 bits per heavy atom. The molecule has 134 valence electrons. The van der Waals surface area contributed by atoms with Gasteiger partial charge >= 0.3 is 7.05 Å². The predicted octanol–water partition coefficient (Wildman–Crippen LogP) is 2.88. The van der Waals surface area contributed by atoms with Gasteiger partial charge in [0, 0.05) is 12.1 Å². The smallest absolute Gasteiger partial charge is 0.376 e. The summed E-state index contributed by atoms with van der Waals surface area (Å²) in [5.74, 6) is 0.699. The highest BCUT2D eigenvalue weighted by Gasteiger charge is 2.35. The molecule has 2 aliphatic rings. The zero-order chi connectivity index (χ0) is 18.1. The second-order valence-electron chi connectivity index (χ2n) is 7.38. The molecule has 0 spiro atoms. The maximum Gasteiger partial charge on any atom is 0.376 e. The summed E-state index contributed by atoms with van der Waals surface area (Å²) < 4.78 is 0. The largest absolute Gasteiger partial charge is 0.437 e. The molecular formula is C21H25BN2O2. The van der Waals surface area contributed by atoms with Gasteiger partial charge in [0.15, 0.2) is 0 Å². The third-order valence-corrected chi connectivity index (χ3v) is 5.88. The number of piperidine rings is 1. The third-order valence-electron chi connectivity index (χ3n) is 5.88. The number of aliphatic hydroxyl groups excluding tert-OH is 1. The molecule has 0 bridgehead atoms. The van der Waals surface area contributed by atoms with Crippen LogP contribution in [-0.2, 0) is 0 Å². The quantitative estimate of drug-likeness (QED) is 0.838. The number of hydrogen-bond acceptors (Lipinski definition) is 4. The van der Waals surface area contributed by atoms with Crippen molar-refractivity contribution in [3.8, 4) is 0 Å². The number of aliphatic hydroxyl groups is 1. The van der Waals surface area contributed by atoms with E-state index < -0.39 is 0 Å². The molecule has 1 aliphatic heterocycles. The fourth-order valence-electron chi connectivity index (χ4n) is 4.52. The highest BCUT2D eigenvalue weighted by molar-refractivity contribution is 6.45. The molecule has 2 heterocycles. The molecule has 1 atom stereocenters. The Hall–Kier alpha value is -1.95. The lowest BCUT2D eigenvalue weighted by molar-refractivity contribution is 0.235. The van der Waals surface area contributed by atoms with Gasteiger partial charge in [0.25, 0.3) is 0 Å². The van der Waals surface area contributed by atoms with Crippen LogP contribution < -0.4 is 0 Å². The van der Waals surface area contributed by atoms with E-state index in [9.17, 15) is 10.1 Å². The minimum absolute atomic E-state index is 0.0263. The first kappa shape index (κ1) is 17.5. The first-order valence-electron chi connectivity index (χ1n) is 9.47. The van der Waals surface area contributed by atoms with Crippen molar-refractivity contribution in [1.29, 1.82) is 0 Å². The number of rotatable bonds is 3. The number of nitrogens with zero attached hydrogens (tertiary/aromatic N) is 2. The maximum absolute atomic E-state index is 9.96. The number of pyridine rings is 1. The maximum atomic E-state index is 9.96. The number of fused-ring (bicyclic) bond motifs is 2. The third kappa shape index (κ3) is 3.11. The Morgan fingerprint density at radius 1 is 1.15 bits per heavy atom. The van der Waals surface area contributed by atoms with Crippen LogP contribution in [0.4, 0.5) is 0 Å². The Balaban J connectivity index is 1.78. The van der Waals surface area contributed by atoms with Crippen LogP contribution in [0.1, 0.15) is 41.1 Å². The van der Waals surface area contributed by atoms with Crippen molar-refractivity contribution in [3.05, 3.63) is 65.0 Å². The van der Waals surface area contributed by atoms with Gasteiger partial charge in [-0.15, -0.1) is 0 Å². The summed E-state index contributed by atoms with van der Waals surface area (Å²) in [6.07, 6.45) is 6.03. The summed E-state index contributed by atoms with van der Waals surface area (Å²) in [4.78, 5) is 6.90. The van der Waals surface area contributed by atoms with Crippen molar-refractivity contribution in [2.45, 2.75) is 25.6 Å². The van der Waals surface area contributed by atoms with Crippen molar-refractivity contribution in [2.75, 3.05) is 19.7 Å². The average Bonchev–Trinajstić information content (AvgIpc) is 2.82. The van der Waals surface area contributed by atoms with E-state index in [-0.39, 0.29) is 19.6 Å². The molecule has 26 heavy (non-hydrogen) atoms. The first-order valence-corrected chi connectivity index (χ1v) is 9.47. The molecule has 1 aromatic heterocycles. The minimum Gasteiger partial charge on any atom is -0.437 e. The number of aromatic nitrogens is 1. The summed E-state index contributed by atoms with van der Waals surface area (Å²) in [7, 11) is -0.384. The van der Waals surface area contributed by atoms with E-state index >= 15 is 0 Å². The molecular weight excluding hydrogens is 323 g/mol. The Labute approximate surface area is 155 Å². The van der Waals surface area contributed by atoms with Gasteiger partial charge in [0.05, 0.1) is 12.3 Å². The molecule has 1 aromatic carbocycles. The lowest BCUT2D eigenvalue weighted by atomic mass is 9.73. The molecule has 0 radical (unpaired) electrons. The zero-order valence-corrected chi connectivity index (χ0v) is 15.2. The van der Waals surface area contributed by atoms with Gasteiger partial charge in [-0.1, -0.05) is 30.3 Å². The summed E-state index contributed by atoms with van der Waals surface area (Å²) in [6.45, 7) is 3.68. The molecule has 2 N–H and O–H groups in total. The number of benzene rings is 1. The van der Waals surface area contributed by atoms with Crippen LogP contribution in [0.5, 0.6) is 0 Å². The summed E-state index contributed by atoms with van der Waals surface area (Å²) in [5, 5.41) is 19.8. The van der Waals surface area contributed by atoms with Crippen molar-refractivity contribution in [1.82, 2.24) is 9.79 Å². The van der Waals surface area contributed by atoms with Gasteiger partial charge in [0.1, 0.15) is 0 Å². The Morgan fingerprint density at radius 2 is 1.92 bits per heavy atom. The van der Waals surface area contributed by atoms with Crippen LogP contribution in [0.25, 0.3) is 11.6 Å². The fraction of sp³-hybridized carbons (Fsp3) is 0.381. The molecule has 1 aliphatic carbocycles. The Kier molecular flexibility index (Phi) is 4.94. The summed E-state index contributed by atoms with van der Waals surface area (Å²) >= 11 is 0. The monoisotopic (exact) mass is 348 g/mol. The second-order valence-corrected chi connectivity index (χ2v) is 7.38. The van der Waals surface area contributed by atoms with Crippen LogP contribution in [0.15, 0.2) is 42.6 Å². The van der Waals surface area contributed by atoms with Crippen molar-refractivity contribution >= 4 is 18.7 Å². The first-order chi connectivity index (χ1) is 12.7. The van der Waals surface area contributed by atoms with Crippen molar-refractivity contribution in [3.63, 3.8) is 0 Å². The van der Waals surface area contributed by atoms with E-state index in [0.29, 0.717) is 5.92 Å². The predicted molar refractivity (Wildman–Crippen MR) is 106 cm³/mol. The molecule has 1 saturated heterocycles. The van der Waals surface area contributed by atoms with Gasteiger partial charge in [-0.25, -0.2) is 0 Å². The van der Waals surface area contributed by atoms with Crippen LogP contribution in [0.3, 0.4) is 0 Å². The molecule has 1 unspecified atom stereocenters. The van der Waals surface area contributed by atoms with E-state index in [1.807, 2.05) is 25.2 Å². The fourth-order valence-corrected chi connectivity index (χ4v) is 4.52. The van der Waals surface area contributed by atoms with E-state index in [1.165, 1.54) is 5.56 Å². The van der Waals surface area contributed by atoms with Crippen LogP contribution in [0.2, 0.25) is 6.82 Å². The highest BCUT2D eigenvalue weighted by Crippen LogP contribution is 2.43. The lowest BCUT2D eigenvalue weighted by Gasteiger charge is -2.37. The van der Waals surface area contributed by atoms with Gasteiger partial charge in [0.2, 0.25) is 0 Å². The molecule has 2 aromatic rings. The number of hydrogen-bond donors (Lipinski definition) is 2. The molecule has 1 fully saturated rings. The minimum atomic E-state index is -0.384. The van der Waals surface area contributed by atoms with Crippen molar-refractivity contribution < 1.29 is 10.1 Å². The standard InChI is InChI=1S/C21H25BN2O2/c1-22(26)24-11-8-15(9-12-24)20-19-7-3-2-6-18(19)17(14-25)13-16-5-4-10-23-21(16)20/h2-7,10,13,15,20,25-26H,8-9,11-12,14H2,1H3. The molecule has 4 rings (SSSR count).